The van der Waals surface area contributed by atoms with Crippen molar-refractivity contribution in [2.45, 2.75) is 30.7 Å². The van der Waals surface area contributed by atoms with E-state index in [0.29, 0.717) is 0 Å². The molecular weight excluding hydrogens is 460 g/mol. The van der Waals surface area contributed by atoms with Crippen LogP contribution in [0.5, 0.6) is 28.7 Å². The fraction of sp³-hybridized carbons (Fsp3) is 0.238. The van der Waals surface area contributed by atoms with E-state index in [1.807, 2.05) is 0 Å². The van der Waals surface area contributed by atoms with E-state index in [1.165, 1.54) is 6.07 Å². The van der Waals surface area contributed by atoms with Crippen LogP contribution in [0.2, 0.25) is 0 Å². The maximum atomic E-state index is 13.2. The van der Waals surface area contributed by atoms with Gasteiger partial charge in [0.1, 0.15) is 40.8 Å². The first kappa shape index (κ1) is 23.1. The summed E-state index contributed by atoms with van der Waals surface area (Å²) in [4.78, 5) is 24.6. The van der Waals surface area contributed by atoms with Crippen LogP contribution in [0.4, 0.5) is 0 Å². The second kappa shape index (κ2) is 8.39. The van der Waals surface area contributed by atoms with Crippen LogP contribution in [0, 0.1) is 0 Å². The highest BCUT2D eigenvalue weighted by Gasteiger charge is 2.48. The first-order chi connectivity index (χ1) is 16.0. The molecule has 1 fully saturated rings. The number of benzene rings is 2. The van der Waals surface area contributed by atoms with Crippen LogP contribution in [0.3, 0.4) is 0 Å². The van der Waals surface area contributed by atoms with Crippen LogP contribution in [0.1, 0.15) is 0 Å². The molecule has 3 aromatic rings. The number of carboxylic acid groups (broad SMARTS) is 1. The van der Waals surface area contributed by atoms with E-state index >= 15 is 0 Å². The highest BCUT2D eigenvalue weighted by Crippen LogP contribution is 2.39. The van der Waals surface area contributed by atoms with E-state index in [0.717, 1.165) is 24.3 Å². The normalized spacial score (nSPS) is 24.7. The molecule has 0 bridgehead atoms. The summed E-state index contributed by atoms with van der Waals surface area (Å²) in [6.07, 6.45) is -10.1. The smallest absolute Gasteiger partial charge is 0.335 e. The molecule has 180 valence electrons. The van der Waals surface area contributed by atoms with Gasteiger partial charge in [0.05, 0.1) is 0 Å². The van der Waals surface area contributed by atoms with Gasteiger partial charge in [0.2, 0.25) is 17.5 Å². The number of carbonyl (C=O) groups is 1. The topological polar surface area (TPSA) is 228 Å². The van der Waals surface area contributed by atoms with Gasteiger partial charge in [0, 0.05) is 17.7 Å². The number of aliphatic carboxylic acids is 1. The van der Waals surface area contributed by atoms with Crippen LogP contribution in [-0.2, 0) is 9.53 Å². The molecule has 1 aromatic heterocycles. The fourth-order valence-corrected chi connectivity index (χ4v) is 3.50. The Hall–Kier alpha value is -4.04. The Morgan fingerprint density at radius 1 is 0.882 bits per heavy atom. The predicted octanol–water partition coefficient (Wildman–Crippen LogP) is -0.447. The third kappa shape index (κ3) is 3.82. The highest BCUT2D eigenvalue weighted by atomic mass is 16.7. The van der Waals surface area contributed by atoms with Crippen LogP contribution in [0.25, 0.3) is 22.3 Å². The Bertz CT molecular complexity index is 1330. The van der Waals surface area contributed by atoms with E-state index in [9.17, 15) is 50.4 Å². The first-order valence-corrected chi connectivity index (χ1v) is 9.64. The second-order valence-corrected chi connectivity index (χ2v) is 7.48. The Labute approximate surface area is 188 Å². The lowest BCUT2D eigenvalue weighted by molar-refractivity contribution is -0.271. The molecule has 8 N–H and O–H groups in total. The van der Waals surface area contributed by atoms with Gasteiger partial charge in [-0.05, 0) is 18.2 Å². The minimum Gasteiger partial charge on any atom is -0.508 e. The molecule has 0 amide bonds. The average Bonchev–Trinajstić information content (AvgIpc) is 2.76. The lowest BCUT2D eigenvalue weighted by atomic mass is 9.99. The number of phenols is 4. The van der Waals surface area contributed by atoms with Crippen molar-refractivity contribution in [2.24, 2.45) is 0 Å². The zero-order valence-corrected chi connectivity index (χ0v) is 16.9. The molecule has 1 saturated heterocycles. The summed E-state index contributed by atoms with van der Waals surface area (Å²) in [5, 5.41) is 78.3. The number of aromatic hydroxyl groups is 4. The summed E-state index contributed by atoms with van der Waals surface area (Å²) in [5.74, 6) is -5.11. The van der Waals surface area contributed by atoms with Crippen molar-refractivity contribution in [2.75, 3.05) is 0 Å². The maximum Gasteiger partial charge on any atom is 0.335 e. The Kier molecular flexibility index (Phi) is 5.70. The summed E-state index contributed by atoms with van der Waals surface area (Å²) in [6.45, 7) is 0. The lowest BCUT2D eigenvalue weighted by Gasteiger charge is -2.38. The zero-order valence-electron chi connectivity index (χ0n) is 16.9. The molecule has 0 saturated carbocycles. The molecule has 34 heavy (non-hydrogen) atoms. The third-order valence-electron chi connectivity index (χ3n) is 5.20. The number of aliphatic hydroxyl groups excluding tert-OH is 3. The van der Waals surface area contributed by atoms with Crippen molar-refractivity contribution >= 4 is 16.9 Å². The Balaban J connectivity index is 1.91. The summed E-state index contributed by atoms with van der Waals surface area (Å²) in [7, 11) is 0. The minimum atomic E-state index is -2.03. The molecule has 1 aliphatic heterocycles. The highest BCUT2D eigenvalue weighted by molar-refractivity contribution is 5.88. The van der Waals surface area contributed by atoms with Gasteiger partial charge >= 0.3 is 5.97 Å². The number of carboxylic acids is 1. The number of hydrogen-bond donors (Lipinski definition) is 8. The van der Waals surface area contributed by atoms with E-state index in [2.05, 4.69) is 0 Å². The number of rotatable bonds is 4. The van der Waals surface area contributed by atoms with Crippen molar-refractivity contribution in [3.63, 3.8) is 0 Å². The van der Waals surface area contributed by atoms with Crippen molar-refractivity contribution in [3.05, 3.63) is 40.6 Å². The molecule has 1 aliphatic rings. The van der Waals surface area contributed by atoms with Crippen LogP contribution in [-0.4, -0.2) is 77.5 Å². The quantitative estimate of drug-likeness (QED) is 0.223. The summed E-state index contributed by atoms with van der Waals surface area (Å²) in [6, 6.07) is 5.13. The van der Waals surface area contributed by atoms with Gasteiger partial charge in [-0.25, -0.2) is 4.79 Å². The fourth-order valence-electron chi connectivity index (χ4n) is 3.50. The lowest BCUT2D eigenvalue weighted by Crippen LogP contribution is -2.61. The van der Waals surface area contributed by atoms with Crippen LogP contribution >= 0.6 is 0 Å². The van der Waals surface area contributed by atoms with E-state index in [1.54, 1.807) is 0 Å². The van der Waals surface area contributed by atoms with Crippen molar-refractivity contribution in [1.29, 1.82) is 0 Å². The molecule has 0 aliphatic carbocycles. The third-order valence-corrected chi connectivity index (χ3v) is 5.20. The average molecular weight is 478 g/mol. The second-order valence-electron chi connectivity index (χ2n) is 7.48. The van der Waals surface area contributed by atoms with E-state index in [4.69, 9.17) is 13.9 Å². The predicted molar refractivity (Wildman–Crippen MR) is 110 cm³/mol. The monoisotopic (exact) mass is 478 g/mol. The molecule has 13 nitrogen and oxygen atoms in total. The van der Waals surface area contributed by atoms with Crippen LogP contribution in [0.15, 0.2) is 39.5 Å². The summed E-state index contributed by atoms with van der Waals surface area (Å²) in [5.41, 5.74) is -1.40. The summed E-state index contributed by atoms with van der Waals surface area (Å²) < 4.78 is 16.1. The van der Waals surface area contributed by atoms with Crippen molar-refractivity contribution < 1.29 is 59.5 Å². The van der Waals surface area contributed by atoms with Gasteiger partial charge in [0.15, 0.2) is 23.4 Å². The number of phenolic OH excluding ortho intramolecular Hbond substituents is 4. The maximum absolute atomic E-state index is 13.2. The molecule has 2 heterocycles. The molecule has 13 heteroatoms. The SMILES string of the molecule is O=C(O)[C@H]1O[C@H](Oc2c(-c3ccc(O)c(O)c3)oc3cc(O)cc(O)c3c2=O)[C@H](O)[C@H](O)[C@@H]1O. The minimum absolute atomic E-state index is 0.0483. The van der Waals surface area contributed by atoms with Crippen LogP contribution < -0.4 is 10.2 Å². The molecule has 5 atom stereocenters. The van der Waals surface area contributed by atoms with Crippen molar-refractivity contribution in [3.8, 4) is 40.1 Å². The molecule has 2 aromatic carbocycles. The summed E-state index contributed by atoms with van der Waals surface area (Å²) >= 11 is 0. The molecule has 0 unspecified atom stereocenters. The van der Waals surface area contributed by atoms with Gasteiger partial charge < -0.3 is 54.7 Å². The number of fused-ring (bicyclic) bond motifs is 1. The standard InChI is InChI=1S/C21H18O13/c22-7-4-10(25)12-11(5-7)32-17(6-1-2-8(23)9(24)3-6)18(13(12)26)33-21-16(29)14(27)15(28)19(34-21)20(30)31/h1-5,14-16,19,21-25,27-29H,(H,30,31)/t14-,15+,16-,19+,21+/m1/s1. The van der Waals surface area contributed by atoms with E-state index < -0.39 is 82.0 Å². The largest absolute Gasteiger partial charge is 0.508 e. The van der Waals surface area contributed by atoms with Gasteiger partial charge in [-0.2, -0.15) is 0 Å². The number of aliphatic hydroxyl groups is 3. The first-order valence-electron chi connectivity index (χ1n) is 9.64. The molecular formula is C21H18O13. The number of ether oxygens (including phenoxy) is 2. The van der Waals surface area contributed by atoms with Gasteiger partial charge in [-0.15, -0.1) is 0 Å². The van der Waals surface area contributed by atoms with Gasteiger partial charge in [-0.3, -0.25) is 4.79 Å². The number of hydrogen-bond acceptors (Lipinski definition) is 12. The van der Waals surface area contributed by atoms with E-state index in [-0.39, 0.29) is 11.1 Å². The molecule has 0 radical (unpaired) electrons. The Morgan fingerprint density at radius 2 is 1.59 bits per heavy atom. The van der Waals surface area contributed by atoms with Gasteiger partial charge in [-0.1, -0.05) is 0 Å². The molecule has 0 spiro atoms. The van der Waals surface area contributed by atoms with Gasteiger partial charge in [0.25, 0.3) is 0 Å². The molecule has 4 rings (SSSR count). The van der Waals surface area contributed by atoms with Crippen molar-refractivity contribution in [1.82, 2.24) is 0 Å². The Morgan fingerprint density at radius 3 is 2.24 bits per heavy atom. The zero-order chi connectivity index (χ0) is 24.9.